The van der Waals surface area contributed by atoms with Crippen LogP contribution in [0.15, 0.2) is 53.6 Å². The number of piperidine rings is 1. The van der Waals surface area contributed by atoms with Crippen LogP contribution in [0.1, 0.15) is 139 Å². The molecule has 5 rings (SSSR count). The van der Waals surface area contributed by atoms with E-state index in [0.717, 1.165) is 29.7 Å². The van der Waals surface area contributed by atoms with Crippen molar-refractivity contribution in [3.05, 3.63) is 59.2 Å². The Bertz CT molecular complexity index is 2100. The standard InChI is InChI=1S/C58H91NO13Si/c1-15-43-30-36(2)29-37(3)31-50(67-11)53-51(68-12)33-39(5)58(65,71-53)54(62)55(63)59-27-17-16-20-45(59)56(64)70-52(40(6)46(60)35-47(43)61)38(4)32-42-23-26-48(49(34-42)66-10)69-28-18-19-41-21-24-44(25-22-41)72-73(13,14)57(7,8)9/h18-19,21-22,24-25,30,32,37,39-40,42-43,45-46,48-53,60,65H,15-17,20,23,26-29,31,33-35H2,1-14H3. The Kier molecular flexibility index (Phi) is 21.9. The van der Waals surface area contributed by atoms with Crippen molar-refractivity contribution in [3.8, 4) is 5.75 Å². The number of nitrogens with zero attached hydrogens (tertiary/aromatic N) is 1. The lowest BCUT2D eigenvalue weighted by Crippen LogP contribution is -2.64. The minimum Gasteiger partial charge on any atom is -0.544 e. The Labute approximate surface area is 438 Å². The van der Waals surface area contributed by atoms with Gasteiger partial charge in [-0.3, -0.25) is 14.4 Å². The number of benzene rings is 1. The number of allylic oxidation sites excluding steroid dienone is 3. The molecular weight excluding hydrogens is 947 g/mol. The second-order valence-electron chi connectivity index (χ2n) is 23.3. The fourth-order valence-corrected chi connectivity index (χ4v) is 12.1. The first kappa shape index (κ1) is 60.3. The van der Waals surface area contributed by atoms with E-state index in [1.807, 2.05) is 51.1 Å². The van der Waals surface area contributed by atoms with Gasteiger partial charge in [0.2, 0.25) is 14.1 Å². The monoisotopic (exact) mass is 1040 g/mol. The van der Waals surface area contributed by atoms with Crippen molar-refractivity contribution in [2.75, 3.05) is 34.5 Å². The minimum absolute atomic E-state index is 0.0186. The Morgan fingerprint density at radius 3 is 2.18 bits per heavy atom. The molecule has 1 aliphatic carbocycles. The Morgan fingerprint density at radius 2 is 1.55 bits per heavy atom. The summed E-state index contributed by atoms with van der Waals surface area (Å²) in [6, 6.07) is 7.00. The van der Waals surface area contributed by atoms with E-state index in [0.29, 0.717) is 50.7 Å². The number of aliphatic hydroxyl groups excluding tert-OH is 1. The van der Waals surface area contributed by atoms with Gasteiger partial charge in [-0.15, -0.1) is 0 Å². The normalized spacial score (nSPS) is 34.5. The molecule has 0 radical (unpaired) electrons. The van der Waals surface area contributed by atoms with Crippen LogP contribution >= 0.6 is 0 Å². The average molecular weight is 1040 g/mol. The zero-order valence-corrected chi connectivity index (χ0v) is 47.6. The zero-order valence-electron chi connectivity index (χ0n) is 46.6. The van der Waals surface area contributed by atoms with E-state index in [9.17, 15) is 29.4 Å². The van der Waals surface area contributed by atoms with Crippen molar-refractivity contribution < 1.29 is 62.2 Å². The highest BCUT2D eigenvalue weighted by Gasteiger charge is 2.57. The van der Waals surface area contributed by atoms with Gasteiger partial charge in [0.25, 0.3) is 11.7 Å². The molecule has 410 valence electrons. The fourth-order valence-electron chi connectivity index (χ4n) is 11.0. The number of hydrogen-bond acceptors (Lipinski definition) is 13. The lowest BCUT2D eigenvalue weighted by Gasteiger charge is -2.47. The SMILES string of the molecule is CCC1C=C(C)CC(C)CC(OC)C2OC(O)(C(=O)C(=O)N3CCCCC3C(=O)OC(C(C)=CC3CCC(OCC=Cc4ccc(O[Si](C)(C)C(C)(C)C)cc4)C(OC)C3)C(C)C(O)CC1=O)C(C)CC2OC. The van der Waals surface area contributed by atoms with Gasteiger partial charge in [0.15, 0.2) is 0 Å². The van der Waals surface area contributed by atoms with Crippen LogP contribution in [-0.2, 0) is 47.6 Å². The number of cyclic esters (lactones) is 1. The molecule has 3 fully saturated rings. The predicted octanol–water partition coefficient (Wildman–Crippen LogP) is 9.59. The van der Waals surface area contributed by atoms with Crippen molar-refractivity contribution in [3.63, 3.8) is 0 Å². The number of carbonyl (C=O) groups excluding carboxylic acids is 4. The number of hydrogen-bond donors (Lipinski definition) is 2. The highest BCUT2D eigenvalue weighted by Crippen LogP contribution is 2.40. The number of Topliss-reactive ketones (excluding diaryl/α,β-unsaturated/α-hetero) is 2. The van der Waals surface area contributed by atoms with Gasteiger partial charge >= 0.3 is 5.97 Å². The highest BCUT2D eigenvalue weighted by molar-refractivity contribution is 6.74. The summed E-state index contributed by atoms with van der Waals surface area (Å²) in [5.74, 6) is -6.62. The lowest BCUT2D eigenvalue weighted by molar-refractivity contribution is -0.302. The van der Waals surface area contributed by atoms with E-state index in [2.05, 4.69) is 59.0 Å². The molecule has 1 aromatic rings. The number of ketones is 2. The molecular formula is C58H91NO13Si. The molecule has 14 unspecified atom stereocenters. The number of rotatable bonds is 12. The van der Waals surface area contributed by atoms with Crippen molar-refractivity contribution in [1.29, 1.82) is 0 Å². The first-order chi connectivity index (χ1) is 34.4. The number of fused-ring (bicyclic) bond motifs is 3. The third kappa shape index (κ3) is 15.3. The molecule has 14 atom stereocenters. The van der Waals surface area contributed by atoms with Crippen molar-refractivity contribution in [2.45, 2.75) is 206 Å². The van der Waals surface area contributed by atoms with Gasteiger partial charge in [0.05, 0.1) is 37.1 Å². The van der Waals surface area contributed by atoms with Crippen LogP contribution in [0.5, 0.6) is 5.75 Å². The smallest absolute Gasteiger partial charge is 0.329 e. The van der Waals surface area contributed by atoms with Gasteiger partial charge in [-0.1, -0.05) is 90.5 Å². The summed E-state index contributed by atoms with van der Waals surface area (Å²) in [5, 5.41) is 24.2. The van der Waals surface area contributed by atoms with E-state index in [1.54, 1.807) is 35.2 Å². The van der Waals surface area contributed by atoms with Crippen LogP contribution in [0.25, 0.3) is 6.08 Å². The van der Waals surface area contributed by atoms with E-state index >= 15 is 0 Å². The molecule has 73 heavy (non-hydrogen) atoms. The molecule has 15 heteroatoms. The quantitative estimate of drug-likeness (QED) is 0.0877. The third-order valence-corrected chi connectivity index (χ3v) is 21.0. The molecule has 1 aromatic carbocycles. The number of esters is 1. The van der Waals surface area contributed by atoms with Crippen LogP contribution in [0, 0.1) is 29.6 Å². The summed E-state index contributed by atoms with van der Waals surface area (Å²) >= 11 is 0. The van der Waals surface area contributed by atoms with Crippen LogP contribution in [0.3, 0.4) is 0 Å². The number of methoxy groups -OCH3 is 3. The van der Waals surface area contributed by atoms with Gasteiger partial charge in [-0.2, -0.15) is 0 Å². The Balaban J connectivity index is 1.38. The molecule has 1 saturated carbocycles. The Morgan fingerprint density at radius 1 is 0.890 bits per heavy atom. The van der Waals surface area contributed by atoms with Crippen LogP contribution in [0.2, 0.25) is 18.1 Å². The average Bonchev–Trinajstić information content (AvgIpc) is 3.35. The van der Waals surface area contributed by atoms with Crippen LogP contribution in [0.4, 0.5) is 0 Å². The first-order valence-electron chi connectivity index (χ1n) is 27.1. The van der Waals surface area contributed by atoms with Crippen LogP contribution in [-0.4, -0.2) is 136 Å². The minimum atomic E-state index is -2.51. The molecule has 0 spiro atoms. The van der Waals surface area contributed by atoms with Gasteiger partial charge in [0, 0.05) is 52.0 Å². The number of amides is 1. The Hall–Kier alpha value is -3.54. The second-order valence-corrected chi connectivity index (χ2v) is 28.0. The van der Waals surface area contributed by atoms with Gasteiger partial charge in [-0.25, -0.2) is 4.79 Å². The summed E-state index contributed by atoms with van der Waals surface area (Å²) in [6.07, 6.45) is 8.75. The van der Waals surface area contributed by atoms with Crippen molar-refractivity contribution in [2.24, 2.45) is 29.6 Å². The molecule has 0 aromatic heterocycles. The lowest BCUT2D eigenvalue weighted by atomic mass is 9.81. The molecule has 1 amide bonds. The molecule has 3 aliphatic heterocycles. The maximum atomic E-state index is 14.6. The molecule has 14 nitrogen and oxygen atoms in total. The summed E-state index contributed by atoms with van der Waals surface area (Å²) < 4.78 is 43.4. The number of ether oxygens (including phenoxy) is 6. The molecule has 3 heterocycles. The van der Waals surface area contributed by atoms with E-state index in [-0.39, 0.29) is 60.7 Å². The van der Waals surface area contributed by atoms with Crippen molar-refractivity contribution >= 4 is 37.8 Å². The van der Waals surface area contributed by atoms with E-state index in [1.165, 1.54) is 4.90 Å². The van der Waals surface area contributed by atoms with E-state index in [4.69, 9.17) is 32.8 Å². The molecule has 2 saturated heterocycles. The highest BCUT2D eigenvalue weighted by atomic mass is 28.4. The first-order valence-corrected chi connectivity index (χ1v) is 30.0. The van der Waals surface area contributed by atoms with E-state index < -0.39 is 86.1 Å². The predicted molar refractivity (Wildman–Crippen MR) is 285 cm³/mol. The second kappa shape index (κ2) is 26.5. The number of carbonyl (C=O) groups is 4. The summed E-state index contributed by atoms with van der Waals surface area (Å²) in [7, 11) is 2.83. The third-order valence-electron chi connectivity index (χ3n) is 16.6. The number of aliphatic hydroxyl groups is 2. The van der Waals surface area contributed by atoms with Crippen molar-refractivity contribution in [1.82, 2.24) is 4.90 Å². The largest absolute Gasteiger partial charge is 0.544 e. The summed E-state index contributed by atoms with van der Waals surface area (Å²) in [6.45, 7) is 23.0. The topological polar surface area (TPSA) is 177 Å². The van der Waals surface area contributed by atoms with Gasteiger partial charge in [-0.05, 0) is 131 Å². The summed E-state index contributed by atoms with van der Waals surface area (Å²) in [4.78, 5) is 58.7. The maximum absolute atomic E-state index is 14.6. The van der Waals surface area contributed by atoms with Crippen LogP contribution < -0.4 is 4.43 Å². The van der Waals surface area contributed by atoms with Gasteiger partial charge < -0.3 is 48.0 Å². The molecule has 2 bridgehead atoms. The maximum Gasteiger partial charge on any atom is 0.329 e. The molecule has 4 aliphatic rings. The molecule has 2 N–H and O–H groups in total. The summed E-state index contributed by atoms with van der Waals surface area (Å²) in [5.41, 5.74) is 2.74. The zero-order chi connectivity index (χ0) is 54.0. The fraction of sp³-hybridized carbons (Fsp3) is 0.724. The van der Waals surface area contributed by atoms with Gasteiger partial charge in [0.1, 0.15) is 29.8 Å².